The van der Waals surface area contributed by atoms with Gasteiger partial charge in [0.2, 0.25) is 0 Å². The van der Waals surface area contributed by atoms with E-state index in [0.29, 0.717) is 10.0 Å². The Kier molecular flexibility index (Phi) is 8.56. The minimum absolute atomic E-state index is 0.674. The van der Waals surface area contributed by atoms with Gasteiger partial charge in [0.15, 0.2) is 0 Å². The molecule has 2 aliphatic rings. The molecule has 2 N–H and O–H groups in total. The van der Waals surface area contributed by atoms with Crippen molar-refractivity contribution in [3.8, 4) is 44.5 Å². The molecule has 3 aromatic heterocycles. The van der Waals surface area contributed by atoms with Gasteiger partial charge < -0.3 is 9.97 Å². The lowest BCUT2D eigenvalue weighted by Gasteiger charge is -2.07. The molecule has 9 rings (SSSR count). The van der Waals surface area contributed by atoms with E-state index in [1.165, 1.54) is 0 Å². The summed E-state index contributed by atoms with van der Waals surface area (Å²) in [7, 11) is 0. The van der Waals surface area contributed by atoms with Crippen LogP contribution in [-0.4, -0.2) is 19.9 Å². The number of fused-ring (bicyclic) bond motifs is 8. The van der Waals surface area contributed by atoms with E-state index < -0.39 is 0 Å². The molecular formula is C44H26Br2Cl2N4. The van der Waals surface area contributed by atoms with Gasteiger partial charge in [-0.25, -0.2) is 9.97 Å². The molecule has 4 aromatic carbocycles. The van der Waals surface area contributed by atoms with Crippen LogP contribution >= 0.6 is 55.1 Å². The van der Waals surface area contributed by atoms with E-state index in [4.69, 9.17) is 33.2 Å². The molecule has 4 nitrogen and oxygen atoms in total. The van der Waals surface area contributed by atoms with Crippen LogP contribution in [-0.2, 0) is 0 Å². The Labute approximate surface area is 326 Å². The Morgan fingerprint density at radius 3 is 0.865 bits per heavy atom. The number of H-pyrrole nitrogens is 2. The third-order valence-electron chi connectivity index (χ3n) is 9.29. The number of benzene rings is 4. The van der Waals surface area contributed by atoms with Gasteiger partial charge in [0.1, 0.15) is 0 Å². The van der Waals surface area contributed by atoms with Gasteiger partial charge in [0.05, 0.1) is 22.8 Å². The fourth-order valence-corrected chi connectivity index (χ4v) is 7.67. The molecule has 8 bridgehead atoms. The molecule has 0 atom stereocenters. The molecule has 0 saturated carbocycles. The average Bonchev–Trinajstić information content (AvgIpc) is 3.99. The first-order chi connectivity index (χ1) is 25.4. The predicted octanol–water partition coefficient (Wildman–Crippen LogP) is 14.2. The highest BCUT2D eigenvalue weighted by molar-refractivity contribution is 9.10. The van der Waals surface area contributed by atoms with Crippen LogP contribution in [0.25, 0.3) is 90.9 Å². The van der Waals surface area contributed by atoms with E-state index in [1.54, 1.807) is 0 Å². The molecule has 0 unspecified atom stereocenters. The highest BCUT2D eigenvalue weighted by Gasteiger charge is 2.19. The Morgan fingerprint density at radius 2 is 0.596 bits per heavy atom. The Bertz CT molecular complexity index is 2370. The van der Waals surface area contributed by atoms with Crippen molar-refractivity contribution in [1.82, 2.24) is 19.9 Å². The first-order valence-electron chi connectivity index (χ1n) is 16.6. The summed E-state index contributed by atoms with van der Waals surface area (Å²) in [6.45, 7) is 0. The lowest BCUT2D eigenvalue weighted by molar-refractivity contribution is 1.31. The van der Waals surface area contributed by atoms with E-state index in [0.717, 1.165) is 98.3 Å². The van der Waals surface area contributed by atoms with Crippen LogP contribution in [0.3, 0.4) is 0 Å². The molecular weight excluding hydrogens is 815 g/mol. The minimum Gasteiger partial charge on any atom is -0.354 e. The largest absolute Gasteiger partial charge is 0.354 e. The third kappa shape index (κ3) is 6.16. The van der Waals surface area contributed by atoms with Crippen LogP contribution in [0.4, 0.5) is 0 Å². The molecule has 8 heteroatoms. The summed E-state index contributed by atoms with van der Waals surface area (Å²) in [6, 6.07) is 41.0. The standard InChI is InChI=1S/C44H26Br2Cl2N4/c45-29-9-1-25(2-10-29)41-33-17-21-37(49-33)43(27-5-13-31(47)14-6-27)39-23-19-35(51-39)42(26-3-11-30(46)12-4-26)36-20-24-40(52-36)44(38-22-18-34(41)50-38)28-7-15-32(48)16-8-28/h1-24,49,52H. The summed E-state index contributed by atoms with van der Waals surface area (Å²) < 4.78 is 2.01. The van der Waals surface area contributed by atoms with Crippen molar-refractivity contribution in [2.24, 2.45) is 0 Å². The molecule has 7 aromatic rings. The quantitative estimate of drug-likeness (QED) is 0.185. The highest BCUT2D eigenvalue weighted by Crippen LogP contribution is 2.39. The molecule has 52 heavy (non-hydrogen) atoms. The Hall–Kier alpha value is -4.98. The monoisotopic (exact) mass is 838 g/mol. The van der Waals surface area contributed by atoms with Gasteiger partial charge in [0.25, 0.3) is 0 Å². The van der Waals surface area contributed by atoms with E-state index >= 15 is 0 Å². The summed E-state index contributed by atoms with van der Waals surface area (Å²) in [4.78, 5) is 18.3. The SMILES string of the molecule is Clc1ccc(-c2c3nc(c(-c4ccc(Br)cc4)c4ccc([nH]4)c(-c4ccc(Cl)cc4)c4nc(c(-c5ccc(Br)cc5)c5ccc2[nH]5)C=C4)C=C3)cc1. The maximum absolute atomic E-state index is 6.38. The minimum atomic E-state index is 0.674. The number of hydrogen-bond acceptors (Lipinski definition) is 2. The number of hydrogen-bond donors (Lipinski definition) is 2. The van der Waals surface area contributed by atoms with Gasteiger partial charge in [-0.15, -0.1) is 0 Å². The second kappa shape index (κ2) is 13.5. The molecule has 0 fully saturated rings. The molecule has 2 aliphatic heterocycles. The zero-order chi connectivity index (χ0) is 35.3. The number of aromatic amines is 2. The van der Waals surface area contributed by atoms with Crippen molar-refractivity contribution in [2.75, 3.05) is 0 Å². The van der Waals surface area contributed by atoms with Gasteiger partial charge in [-0.05, 0) is 119 Å². The topological polar surface area (TPSA) is 57.4 Å². The number of nitrogens with zero attached hydrogens (tertiary/aromatic N) is 2. The molecule has 0 radical (unpaired) electrons. The van der Waals surface area contributed by atoms with E-state index in [9.17, 15) is 0 Å². The van der Waals surface area contributed by atoms with Crippen molar-refractivity contribution in [1.29, 1.82) is 0 Å². The normalized spacial score (nSPS) is 12.1. The molecule has 0 saturated heterocycles. The molecule has 0 aliphatic carbocycles. The second-order valence-corrected chi connectivity index (χ2v) is 15.2. The van der Waals surface area contributed by atoms with Crippen LogP contribution in [0.5, 0.6) is 0 Å². The predicted molar refractivity (Wildman–Crippen MR) is 226 cm³/mol. The van der Waals surface area contributed by atoms with Gasteiger partial charge in [-0.2, -0.15) is 0 Å². The van der Waals surface area contributed by atoms with Crippen molar-refractivity contribution in [2.45, 2.75) is 0 Å². The van der Waals surface area contributed by atoms with Gasteiger partial charge in [-0.1, -0.05) is 104 Å². The summed E-state index contributed by atoms with van der Waals surface area (Å²) in [5.74, 6) is 0. The molecule has 5 heterocycles. The number of nitrogens with one attached hydrogen (secondary N) is 2. The van der Waals surface area contributed by atoms with Crippen LogP contribution in [0.15, 0.2) is 130 Å². The highest BCUT2D eigenvalue weighted by atomic mass is 79.9. The summed E-state index contributed by atoms with van der Waals surface area (Å²) in [5.41, 5.74) is 15.1. The first kappa shape index (κ1) is 32.9. The van der Waals surface area contributed by atoms with Crippen molar-refractivity contribution >= 4 is 101 Å². The van der Waals surface area contributed by atoms with Gasteiger partial charge >= 0.3 is 0 Å². The molecule has 0 spiro atoms. The van der Waals surface area contributed by atoms with Crippen molar-refractivity contribution < 1.29 is 0 Å². The smallest absolute Gasteiger partial charge is 0.0737 e. The number of aromatic nitrogens is 4. The second-order valence-electron chi connectivity index (χ2n) is 12.5. The zero-order valence-corrected chi connectivity index (χ0v) is 31.9. The maximum Gasteiger partial charge on any atom is 0.0737 e. The molecule has 250 valence electrons. The number of rotatable bonds is 4. The molecule has 0 amide bonds. The third-order valence-corrected chi connectivity index (χ3v) is 10.8. The van der Waals surface area contributed by atoms with Gasteiger partial charge in [0, 0.05) is 63.3 Å². The van der Waals surface area contributed by atoms with Crippen molar-refractivity contribution in [3.05, 3.63) is 163 Å². The van der Waals surface area contributed by atoms with E-state index in [-0.39, 0.29) is 0 Å². The van der Waals surface area contributed by atoms with Gasteiger partial charge in [-0.3, -0.25) is 0 Å². The Morgan fingerprint density at radius 1 is 0.346 bits per heavy atom. The van der Waals surface area contributed by atoms with Crippen LogP contribution in [0.2, 0.25) is 10.0 Å². The first-order valence-corrected chi connectivity index (χ1v) is 18.9. The summed E-state index contributed by atoms with van der Waals surface area (Å²) in [5, 5.41) is 1.35. The lowest BCUT2D eigenvalue weighted by atomic mass is 10.0. The summed E-state index contributed by atoms with van der Waals surface area (Å²) >= 11 is 20.0. The number of halogens is 4. The van der Waals surface area contributed by atoms with Crippen LogP contribution in [0.1, 0.15) is 22.8 Å². The fourth-order valence-electron chi connectivity index (χ4n) is 6.89. The van der Waals surface area contributed by atoms with E-state index in [1.807, 2.05) is 48.5 Å². The fraction of sp³-hybridized carbons (Fsp3) is 0. The van der Waals surface area contributed by atoms with Crippen LogP contribution < -0.4 is 0 Å². The van der Waals surface area contributed by atoms with E-state index in [2.05, 4.69) is 139 Å². The lowest BCUT2D eigenvalue weighted by Crippen LogP contribution is -1.89. The van der Waals surface area contributed by atoms with Crippen molar-refractivity contribution in [3.63, 3.8) is 0 Å². The average molecular weight is 841 g/mol. The maximum atomic E-state index is 6.38. The Balaban J connectivity index is 1.47. The zero-order valence-electron chi connectivity index (χ0n) is 27.3. The van der Waals surface area contributed by atoms with Crippen LogP contribution in [0, 0.1) is 0 Å². The summed E-state index contributed by atoms with van der Waals surface area (Å²) in [6.07, 6.45) is 8.38.